The van der Waals surface area contributed by atoms with Crippen molar-refractivity contribution in [3.05, 3.63) is 40.7 Å². The van der Waals surface area contributed by atoms with Gasteiger partial charge in [0.15, 0.2) is 5.82 Å². The Labute approximate surface area is 150 Å². The third-order valence-corrected chi connectivity index (χ3v) is 3.94. The quantitative estimate of drug-likeness (QED) is 0.723. The van der Waals surface area contributed by atoms with Crippen LogP contribution in [0.1, 0.15) is 32.0 Å². The van der Waals surface area contributed by atoms with Crippen molar-refractivity contribution in [1.29, 1.82) is 0 Å². The predicted molar refractivity (Wildman–Crippen MR) is 90.6 cm³/mol. The summed E-state index contributed by atoms with van der Waals surface area (Å²) in [6, 6.07) is 1.29. The molecule has 0 saturated heterocycles. The Morgan fingerprint density at radius 2 is 2.08 bits per heavy atom. The number of rotatable bonds is 1. The van der Waals surface area contributed by atoms with Crippen LogP contribution in [0.2, 0.25) is 5.15 Å². The highest BCUT2D eigenvalue weighted by atomic mass is 35.5. The first-order valence-electron chi connectivity index (χ1n) is 7.87. The highest BCUT2D eigenvalue weighted by Gasteiger charge is 2.28. The summed E-state index contributed by atoms with van der Waals surface area (Å²) < 4.78 is 18.8. The minimum atomic E-state index is -0.570. The summed E-state index contributed by atoms with van der Waals surface area (Å²) in [6.07, 6.45) is 2.71. The lowest BCUT2D eigenvalue weighted by molar-refractivity contribution is 0.0220. The van der Waals surface area contributed by atoms with E-state index in [1.54, 1.807) is 4.90 Å². The maximum absolute atomic E-state index is 13.4. The fourth-order valence-electron chi connectivity index (χ4n) is 2.53. The summed E-state index contributed by atoms with van der Waals surface area (Å²) in [5, 5.41) is 0.313. The van der Waals surface area contributed by atoms with Crippen LogP contribution in [0.3, 0.4) is 0 Å². The molecule has 0 spiro atoms. The molecule has 2 aromatic rings. The van der Waals surface area contributed by atoms with Crippen molar-refractivity contribution in [3.63, 3.8) is 0 Å². The first-order valence-corrected chi connectivity index (χ1v) is 8.25. The average Bonchev–Trinajstić information content (AvgIpc) is 2.52. The number of hydrogen-bond acceptors (Lipinski definition) is 5. The van der Waals surface area contributed by atoms with Crippen LogP contribution in [0, 0.1) is 5.82 Å². The lowest BCUT2D eigenvalue weighted by Crippen LogP contribution is -2.40. The second kappa shape index (κ2) is 6.55. The van der Waals surface area contributed by atoms with Crippen LogP contribution >= 0.6 is 11.6 Å². The average molecular weight is 365 g/mol. The second-order valence-electron chi connectivity index (χ2n) is 6.81. The van der Waals surface area contributed by atoms with Gasteiger partial charge in [-0.05, 0) is 33.3 Å². The van der Waals surface area contributed by atoms with Crippen molar-refractivity contribution >= 4 is 17.7 Å². The Hall–Kier alpha value is -2.28. The van der Waals surface area contributed by atoms with Gasteiger partial charge in [-0.3, -0.25) is 4.98 Å². The summed E-state index contributed by atoms with van der Waals surface area (Å²) in [6.45, 7) is 6.19. The molecule has 1 amide bonds. The van der Waals surface area contributed by atoms with Crippen LogP contribution < -0.4 is 0 Å². The Morgan fingerprint density at radius 1 is 1.32 bits per heavy atom. The van der Waals surface area contributed by atoms with Crippen LogP contribution in [0.15, 0.2) is 18.5 Å². The van der Waals surface area contributed by atoms with Crippen LogP contribution in [0.25, 0.3) is 11.4 Å². The van der Waals surface area contributed by atoms with Crippen LogP contribution in [-0.4, -0.2) is 38.1 Å². The zero-order valence-electron chi connectivity index (χ0n) is 14.2. The molecule has 25 heavy (non-hydrogen) atoms. The lowest BCUT2D eigenvalue weighted by Gasteiger charge is -2.31. The Bertz CT molecular complexity index is 823. The second-order valence-corrected chi connectivity index (χ2v) is 7.17. The van der Waals surface area contributed by atoms with E-state index in [0.29, 0.717) is 29.4 Å². The Kier molecular flexibility index (Phi) is 4.60. The number of carbonyl (C=O) groups is 1. The van der Waals surface area contributed by atoms with Crippen LogP contribution in [0.5, 0.6) is 0 Å². The highest BCUT2D eigenvalue weighted by molar-refractivity contribution is 6.30. The fourth-order valence-corrected chi connectivity index (χ4v) is 2.81. The van der Waals surface area contributed by atoms with Crippen molar-refractivity contribution in [3.8, 4) is 11.4 Å². The minimum Gasteiger partial charge on any atom is -0.444 e. The molecule has 0 aliphatic carbocycles. The molecule has 1 aliphatic heterocycles. The van der Waals surface area contributed by atoms with Gasteiger partial charge in [-0.25, -0.2) is 19.2 Å². The molecule has 0 aromatic carbocycles. The van der Waals surface area contributed by atoms with Gasteiger partial charge >= 0.3 is 6.09 Å². The number of carbonyl (C=O) groups excluding carboxylic acids is 1. The smallest absolute Gasteiger partial charge is 0.410 e. The van der Waals surface area contributed by atoms with Crippen molar-refractivity contribution in [2.45, 2.75) is 39.3 Å². The predicted octanol–water partition coefficient (Wildman–Crippen LogP) is 3.62. The molecule has 8 heteroatoms. The maximum atomic E-state index is 13.4. The van der Waals surface area contributed by atoms with Gasteiger partial charge in [0.25, 0.3) is 0 Å². The topological polar surface area (TPSA) is 68.2 Å². The number of hydrogen-bond donors (Lipinski definition) is 0. The summed E-state index contributed by atoms with van der Waals surface area (Å²) in [7, 11) is 0. The largest absolute Gasteiger partial charge is 0.444 e. The van der Waals surface area contributed by atoms with Gasteiger partial charge < -0.3 is 9.64 Å². The van der Waals surface area contributed by atoms with E-state index in [-0.39, 0.29) is 12.4 Å². The number of ether oxygens (including phenoxy) is 1. The molecule has 3 heterocycles. The van der Waals surface area contributed by atoms with E-state index >= 15 is 0 Å². The Morgan fingerprint density at radius 3 is 2.76 bits per heavy atom. The maximum Gasteiger partial charge on any atom is 0.410 e. The number of fused-ring (bicyclic) bond motifs is 1. The molecule has 0 radical (unpaired) electrons. The Balaban J connectivity index is 1.89. The molecular formula is C17H18ClFN4O2. The van der Waals surface area contributed by atoms with Gasteiger partial charge in [-0.2, -0.15) is 0 Å². The monoisotopic (exact) mass is 364 g/mol. The van der Waals surface area contributed by atoms with Gasteiger partial charge in [0.2, 0.25) is 0 Å². The zero-order chi connectivity index (χ0) is 18.2. The molecule has 0 unspecified atom stereocenters. The summed E-state index contributed by atoms with van der Waals surface area (Å²) in [5.74, 6) is -0.202. The molecule has 2 aromatic heterocycles. The number of nitrogens with zero attached hydrogens (tertiary/aromatic N) is 4. The summed E-state index contributed by atoms with van der Waals surface area (Å²) >= 11 is 6.27. The van der Waals surface area contributed by atoms with Crippen LogP contribution in [-0.2, 0) is 17.7 Å². The van der Waals surface area contributed by atoms with E-state index in [0.717, 1.165) is 11.8 Å². The van der Waals surface area contributed by atoms with Crippen LogP contribution in [0.4, 0.5) is 9.18 Å². The molecule has 0 N–H and O–H groups in total. The first kappa shape index (κ1) is 17.5. The van der Waals surface area contributed by atoms with Crippen molar-refractivity contribution in [2.75, 3.05) is 6.54 Å². The number of pyridine rings is 1. The van der Waals surface area contributed by atoms with Gasteiger partial charge in [-0.15, -0.1) is 0 Å². The van der Waals surface area contributed by atoms with Crippen molar-refractivity contribution in [2.24, 2.45) is 0 Å². The number of amides is 1. The lowest BCUT2D eigenvalue weighted by atomic mass is 10.1. The molecule has 132 valence electrons. The molecule has 0 saturated carbocycles. The molecular weight excluding hydrogens is 347 g/mol. The molecule has 0 atom stereocenters. The number of aromatic nitrogens is 3. The fraction of sp³-hybridized carbons (Fsp3) is 0.412. The third-order valence-electron chi connectivity index (χ3n) is 3.63. The van der Waals surface area contributed by atoms with E-state index in [1.165, 1.54) is 12.3 Å². The SMILES string of the molecule is CC(C)(C)OC(=O)N1CCc2c(Cl)nc(-c3cncc(F)c3)nc2C1. The molecule has 0 bridgehead atoms. The summed E-state index contributed by atoms with van der Waals surface area (Å²) in [5.41, 5.74) is 1.30. The highest BCUT2D eigenvalue weighted by Crippen LogP contribution is 2.27. The van der Waals surface area contributed by atoms with E-state index in [4.69, 9.17) is 16.3 Å². The van der Waals surface area contributed by atoms with Gasteiger partial charge in [0.05, 0.1) is 18.4 Å². The molecule has 0 fully saturated rings. The van der Waals surface area contributed by atoms with Gasteiger partial charge in [0.1, 0.15) is 16.6 Å². The molecule has 6 nitrogen and oxygen atoms in total. The minimum absolute atomic E-state index is 0.266. The van der Waals surface area contributed by atoms with Gasteiger partial charge in [0, 0.05) is 23.9 Å². The van der Waals surface area contributed by atoms with E-state index in [2.05, 4.69) is 15.0 Å². The van der Waals surface area contributed by atoms with E-state index in [9.17, 15) is 9.18 Å². The van der Waals surface area contributed by atoms with Crippen molar-refractivity contribution < 1.29 is 13.9 Å². The molecule has 3 rings (SSSR count). The third kappa shape index (κ3) is 4.04. The van der Waals surface area contributed by atoms with Gasteiger partial charge in [-0.1, -0.05) is 11.6 Å². The normalized spacial score (nSPS) is 14.2. The summed E-state index contributed by atoms with van der Waals surface area (Å²) in [4.78, 5) is 26.4. The van der Waals surface area contributed by atoms with Crippen molar-refractivity contribution in [1.82, 2.24) is 19.9 Å². The standard InChI is InChI=1S/C17H18ClFN4O2/c1-17(2,3)25-16(24)23-5-4-12-13(9-23)21-15(22-14(12)18)10-6-11(19)8-20-7-10/h6-8H,4-5,9H2,1-3H3. The van der Waals surface area contributed by atoms with E-state index in [1.807, 2.05) is 20.8 Å². The van der Waals surface area contributed by atoms with E-state index < -0.39 is 17.5 Å². The molecule has 1 aliphatic rings. The first-order chi connectivity index (χ1) is 11.7. The zero-order valence-corrected chi connectivity index (χ0v) is 15.0. The number of halogens is 2.